The first-order valence-corrected chi connectivity index (χ1v) is 8.55. The Balaban J connectivity index is 1.29. The van der Waals surface area contributed by atoms with Gasteiger partial charge in [0.05, 0.1) is 6.10 Å². The van der Waals surface area contributed by atoms with Crippen molar-refractivity contribution in [3.63, 3.8) is 0 Å². The maximum Gasteiger partial charge on any atom is 0.317 e. The van der Waals surface area contributed by atoms with Gasteiger partial charge in [-0.2, -0.15) is 0 Å². The van der Waals surface area contributed by atoms with Gasteiger partial charge in [-0.15, -0.1) is 0 Å². The first kappa shape index (κ1) is 16.2. The molecule has 2 fully saturated rings. The van der Waals surface area contributed by atoms with Crippen LogP contribution >= 0.6 is 0 Å². The third kappa shape index (κ3) is 4.42. The molecule has 1 atom stereocenters. The number of pyridine rings is 1. The Kier molecular flexibility index (Phi) is 5.46. The van der Waals surface area contributed by atoms with Gasteiger partial charge < -0.3 is 20.2 Å². The van der Waals surface area contributed by atoms with Crippen LogP contribution in [-0.4, -0.2) is 71.3 Å². The van der Waals surface area contributed by atoms with Crippen LogP contribution in [0.5, 0.6) is 0 Å². The second-order valence-corrected chi connectivity index (χ2v) is 6.56. The second-order valence-electron chi connectivity index (χ2n) is 6.56. The Labute approximate surface area is 137 Å². The highest BCUT2D eigenvalue weighted by Crippen LogP contribution is 2.26. The summed E-state index contributed by atoms with van der Waals surface area (Å²) in [5, 5.41) is 12.6. The normalized spacial score (nSPS) is 22.7. The lowest BCUT2D eigenvalue weighted by Crippen LogP contribution is -2.52. The summed E-state index contributed by atoms with van der Waals surface area (Å²) in [6.07, 6.45) is 6.34. The molecule has 0 spiro atoms. The number of piperidine rings is 1. The number of urea groups is 1. The molecule has 2 saturated heterocycles. The average molecular weight is 318 g/mol. The molecular weight excluding hydrogens is 292 g/mol. The van der Waals surface area contributed by atoms with Gasteiger partial charge in [0.2, 0.25) is 0 Å². The predicted molar refractivity (Wildman–Crippen MR) is 88.2 cm³/mol. The van der Waals surface area contributed by atoms with E-state index in [9.17, 15) is 9.90 Å². The van der Waals surface area contributed by atoms with Crippen molar-refractivity contribution in [1.82, 2.24) is 20.1 Å². The minimum Gasteiger partial charge on any atom is -0.392 e. The Hall–Kier alpha value is -1.66. The zero-order chi connectivity index (χ0) is 16.1. The summed E-state index contributed by atoms with van der Waals surface area (Å²) in [5.41, 5.74) is 1.26. The predicted octanol–water partition coefficient (Wildman–Crippen LogP) is 1.04. The molecule has 6 nitrogen and oxygen atoms in total. The summed E-state index contributed by atoms with van der Waals surface area (Å²) in [7, 11) is 0. The molecule has 126 valence electrons. The summed E-state index contributed by atoms with van der Waals surface area (Å²) in [4.78, 5) is 20.2. The lowest BCUT2D eigenvalue weighted by atomic mass is 9.93. The molecule has 0 radical (unpaired) electrons. The smallest absolute Gasteiger partial charge is 0.317 e. The SMILES string of the molecule is O=C(NCCCN1CCC[C@H](O)C1)N1CC(c2ccncc2)C1. The average Bonchev–Trinajstić information content (AvgIpc) is 2.51. The minimum atomic E-state index is -0.176. The van der Waals surface area contributed by atoms with Crippen LogP contribution < -0.4 is 5.32 Å². The lowest BCUT2D eigenvalue weighted by molar-refractivity contribution is 0.0701. The molecule has 2 aliphatic rings. The number of β-amino-alcohol motifs (C(OH)–C–C–N with tert-alkyl or cyclic N) is 1. The van der Waals surface area contributed by atoms with Crippen molar-refractivity contribution in [2.75, 3.05) is 39.3 Å². The summed E-state index contributed by atoms with van der Waals surface area (Å²) in [6.45, 7) is 5.04. The Bertz CT molecular complexity index is 505. The third-order valence-electron chi connectivity index (χ3n) is 4.75. The van der Waals surface area contributed by atoms with E-state index in [1.54, 1.807) is 12.4 Å². The molecule has 3 rings (SSSR count). The van der Waals surface area contributed by atoms with Crippen LogP contribution in [0.2, 0.25) is 0 Å². The Morgan fingerprint density at radius 1 is 1.30 bits per heavy atom. The Morgan fingerprint density at radius 3 is 2.83 bits per heavy atom. The van der Waals surface area contributed by atoms with Crippen molar-refractivity contribution in [3.8, 4) is 0 Å². The number of aromatic nitrogens is 1. The monoisotopic (exact) mass is 318 g/mol. The molecule has 0 aliphatic carbocycles. The zero-order valence-corrected chi connectivity index (χ0v) is 13.5. The van der Waals surface area contributed by atoms with Crippen LogP contribution in [0.1, 0.15) is 30.7 Å². The van der Waals surface area contributed by atoms with Crippen molar-refractivity contribution >= 4 is 6.03 Å². The molecule has 3 heterocycles. The number of amides is 2. The summed E-state index contributed by atoms with van der Waals surface area (Å²) >= 11 is 0. The van der Waals surface area contributed by atoms with Crippen LogP contribution in [-0.2, 0) is 0 Å². The molecule has 0 saturated carbocycles. The fraction of sp³-hybridized carbons (Fsp3) is 0.647. The quantitative estimate of drug-likeness (QED) is 0.796. The van der Waals surface area contributed by atoms with E-state index in [1.165, 1.54) is 5.56 Å². The maximum atomic E-state index is 12.1. The standard InChI is InChI=1S/C17H26N4O2/c22-16-3-1-9-20(13-16)10-2-6-19-17(23)21-11-15(12-21)14-4-7-18-8-5-14/h4-5,7-8,15-16,22H,1-3,6,9-13H2,(H,19,23)/t16-/m0/s1. The van der Waals surface area contributed by atoms with E-state index >= 15 is 0 Å². The van der Waals surface area contributed by atoms with E-state index in [0.717, 1.165) is 52.0 Å². The number of nitrogens with zero attached hydrogens (tertiary/aromatic N) is 3. The van der Waals surface area contributed by atoms with Crippen molar-refractivity contribution in [3.05, 3.63) is 30.1 Å². The molecule has 0 aromatic carbocycles. The molecule has 23 heavy (non-hydrogen) atoms. The largest absolute Gasteiger partial charge is 0.392 e. The van der Waals surface area contributed by atoms with Crippen molar-refractivity contribution in [2.45, 2.75) is 31.3 Å². The number of aliphatic hydroxyl groups is 1. The summed E-state index contributed by atoms with van der Waals surface area (Å²) in [6, 6.07) is 4.08. The molecular formula is C17H26N4O2. The minimum absolute atomic E-state index is 0.0361. The van der Waals surface area contributed by atoms with E-state index in [-0.39, 0.29) is 12.1 Å². The number of carbonyl (C=O) groups excluding carboxylic acids is 1. The van der Waals surface area contributed by atoms with E-state index in [1.807, 2.05) is 17.0 Å². The first-order valence-electron chi connectivity index (χ1n) is 8.55. The molecule has 1 aromatic rings. The zero-order valence-electron chi connectivity index (χ0n) is 13.5. The Morgan fingerprint density at radius 2 is 2.09 bits per heavy atom. The van der Waals surface area contributed by atoms with Gasteiger partial charge in [-0.1, -0.05) is 0 Å². The van der Waals surface area contributed by atoms with Gasteiger partial charge in [-0.05, 0) is 50.0 Å². The fourth-order valence-electron chi connectivity index (χ4n) is 3.33. The molecule has 2 N–H and O–H groups in total. The van der Waals surface area contributed by atoms with Gasteiger partial charge in [0.25, 0.3) is 0 Å². The number of rotatable bonds is 5. The van der Waals surface area contributed by atoms with Crippen LogP contribution in [0.4, 0.5) is 4.79 Å². The van der Waals surface area contributed by atoms with Crippen LogP contribution in [0.25, 0.3) is 0 Å². The number of hydrogen-bond acceptors (Lipinski definition) is 4. The molecule has 2 amide bonds. The number of aliphatic hydroxyl groups excluding tert-OH is 1. The van der Waals surface area contributed by atoms with E-state index in [0.29, 0.717) is 12.5 Å². The van der Waals surface area contributed by atoms with Crippen LogP contribution in [0.3, 0.4) is 0 Å². The topological polar surface area (TPSA) is 68.7 Å². The van der Waals surface area contributed by atoms with Gasteiger partial charge in [-0.3, -0.25) is 4.98 Å². The van der Waals surface area contributed by atoms with Gasteiger partial charge in [0.15, 0.2) is 0 Å². The van der Waals surface area contributed by atoms with E-state index in [2.05, 4.69) is 15.2 Å². The number of carbonyl (C=O) groups is 1. The van der Waals surface area contributed by atoms with Crippen molar-refractivity contribution in [2.24, 2.45) is 0 Å². The van der Waals surface area contributed by atoms with Gasteiger partial charge in [0, 0.05) is 44.5 Å². The number of hydrogen-bond donors (Lipinski definition) is 2. The molecule has 2 aliphatic heterocycles. The van der Waals surface area contributed by atoms with Gasteiger partial charge in [0.1, 0.15) is 0 Å². The first-order chi connectivity index (χ1) is 11.2. The molecule has 0 bridgehead atoms. The fourth-order valence-corrected chi connectivity index (χ4v) is 3.33. The summed E-state index contributed by atoms with van der Waals surface area (Å²) in [5.74, 6) is 0.443. The molecule has 1 aromatic heterocycles. The highest BCUT2D eigenvalue weighted by Gasteiger charge is 2.31. The van der Waals surface area contributed by atoms with Gasteiger partial charge in [-0.25, -0.2) is 4.79 Å². The highest BCUT2D eigenvalue weighted by molar-refractivity contribution is 5.75. The number of nitrogens with one attached hydrogen (secondary N) is 1. The third-order valence-corrected chi connectivity index (χ3v) is 4.75. The van der Waals surface area contributed by atoms with E-state index < -0.39 is 0 Å². The molecule has 6 heteroatoms. The second kappa shape index (κ2) is 7.75. The highest BCUT2D eigenvalue weighted by atomic mass is 16.3. The molecule has 0 unspecified atom stereocenters. The summed E-state index contributed by atoms with van der Waals surface area (Å²) < 4.78 is 0. The van der Waals surface area contributed by atoms with Crippen LogP contribution in [0.15, 0.2) is 24.5 Å². The maximum absolute atomic E-state index is 12.1. The van der Waals surface area contributed by atoms with E-state index in [4.69, 9.17) is 0 Å². The van der Waals surface area contributed by atoms with Crippen molar-refractivity contribution < 1.29 is 9.90 Å². The van der Waals surface area contributed by atoms with Gasteiger partial charge >= 0.3 is 6.03 Å². The van der Waals surface area contributed by atoms with Crippen molar-refractivity contribution in [1.29, 1.82) is 0 Å². The lowest BCUT2D eigenvalue weighted by Gasteiger charge is -2.39. The van der Waals surface area contributed by atoms with Crippen LogP contribution in [0, 0.1) is 0 Å². The number of likely N-dealkylation sites (tertiary alicyclic amines) is 2.